The van der Waals surface area contributed by atoms with Crippen LogP contribution in [0.3, 0.4) is 0 Å². The number of aliphatic hydroxyl groups excluding tert-OH is 1. The van der Waals surface area contributed by atoms with Crippen molar-refractivity contribution >= 4 is 9.84 Å². The molecule has 1 heterocycles. The normalized spacial score (nSPS) is 39.2. The molecule has 0 aromatic heterocycles. The predicted molar refractivity (Wildman–Crippen MR) is 130 cm³/mol. The molecule has 182 valence electrons. The summed E-state index contributed by atoms with van der Waals surface area (Å²) in [7, 11) is -3.18. The molecular weight excluding hydrogens is 420 g/mol. The Morgan fingerprint density at radius 2 is 1.97 bits per heavy atom. The van der Waals surface area contributed by atoms with Crippen molar-refractivity contribution in [2.45, 2.75) is 115 Å². The first-order chi connectivity index (χ1) is 14.9. The Morgan fingerprint density at radius 1 is 1.22 bits per heavy atom. The SMILES string of the molecule is C[C@H](CCCC(C)(C)O)[C@H]1CC[C@H]2/C(=C/[C@@H]3C4=C(CC[C@H](O)C4)CS3(=O)=O)CCC[C@]12C. The van der Waals surface area contributed by atoms with Crippen LogP contribution in [0.25, 0.3) is 0 Å². The molecule has 2 fully saturated rings. The molecule has 0 radical (unpaired) electrons. The van der Waals surface area contributed by atoms with Crippen molar-refractivity contribution in [1.82, 2.24) is 0 Å². The van der Waals surface area contributed by atoms with Gasteiger partial charge in [-0.1, -0.05) is 43.9 Å². The lowest BCUT2D eigenvalue weighted by Crippen LogP contribution is -2.36. The van der Waals surface area contributed by atoms with Crippen LogP contribution in [-0.4, -0.2) is 41.3 Å². The molecule has 4 rings (SSSR count). The van der Waals surface area contributed by atoms with E-state index < -0.39 is 20.7 Å². The van der Waals surface area contributed by atoms with Gasteiger partial charge in [0.05, 0.1) is 17.5 Å². The Labute approximate surface area is 195 Å². The second-order valence-corrected chi connectivity index (χ2v) is 14.4. The molecule has 0 bridgehead atoms. The van der Waals surface area contributed by atoms with Crippen molar-refractivity contribution in [3.8, 4) is 0 Å². The summed E-state index contributed by atoms with van der Waals surface area (Å²) < 4.78 is 26.1. The van der Waals surface area contributed by atoms with Gasteiger partial charge in [-0.3, -0.25) is 0 Å². The van der Waals surface area contributed by atoms with Gasteiger partial charge < -0.3 is 10.2 Å². The van der Waals surface area contributed by atoms with Crippen LogP contribution in [-0.2, 0) is 9.84 Å². The van der Waals surface area contributed by atoms with E-state index in [-0.39, 0.29) is 17.3 Å². The molecule has 3 aliphatic carbocycles. The minimum absolute atomic E-state index is 0.201. The van der Waals surface area contributed by atoms with Crippen molar-refractivity contribution in [1.29, 1.82) is 0 Å². The highest BCUT2D eigenvalue weighted by Crippen LogP contribution is 2.60. The molecular formula is C27H44O4S. The van der Waals surface area contributed by atoms with Gasteiger partial charge in [0.1, 0.15) is 5.25 Å². The lowest BCUT2D eigenvalue weighted by molar-refractivity contribution is 0.0596. The van der Waals surface area contributed by atoms with Crippen LogP contribution < -0.4 is 0 Å². The minimum atomic E-state index is -3.18. The van der Waals surface area contributed by atoms with Gasteiger partial charge in [0.25, 0.3) is 0 Å². The van der Waals surface area contributed by atoms with E-state index in [2.05, 4.69) is 19.9 Å². The minimum Gasteiger partial charge on any atom is -0.393 e. The number of rotatable bonds is 6. The van der Waals surface area contributed by atoms with Crippen LogP contribution >= 0.6 is 0 Å². The maximum absolute atomic E-state index is 13.1. The summed E-state index contributed by atoms with van der Waals surface area (Å²) in [5.74, 6) is 1.99. The van der Waals surface area contributed by atoms with Crippen LogP contribution in [0.2, 0.25) is 0 Å². The van der Waals surface area contributed by atoms with Gasteiger partial charge >= 0.3 is 0 Å². The molecule has 0 aromatic rings. The Balaban J connectivity index is 1.53. The fourth-order valence-electron chi connectivity index (χ4n) is 7.70. The second kappa shape index (κ2) is 8.85. The average molecular weight is 465 g/mol. The Morgan fingerprint density at radius 3 is 2.69 bits per heavy atom. The van der Waals surface area contributed by atoms with Crippen molar-refractivity contribution in [3.05, 3.63) is 22.8 Å². The molecule has 4 nitrogen and oxygen atoms in total. The summed E-state index contributed by atoms with van der Waals surface area (Å²) in [5.41, 5.74) is 3.14. The molecule has 2 saturated carbocycles. The maximum atomic E-state index is 13.1. The van der Waals surface area contributed by atoms with Crippen LogP contribution in [0.5, 0.6) is 0 Å². The zero-order chi connectivity index (χ0) is 23.3. The standard InChI is InChI=1S/C27H44O4S/c1-18(7-5-13-26(2,3)29)23-11-12-24-19(8-6-14-27(23,24)4)15-25-22-16-21(28)10-9-20(22)17-32(25,30)31/h15,18,21,23-25,28-29H,5-14,16-17H2,1-4H3/b19-15+/t18-,21+,23-,24+,25-,27-/m1/s1. The lowest BCUT2D eigenvalue weighted by Gasteiger charge is -2.44. The zero-order valence-electron chi connectivity index (χ0n) is 20.6. The van der Waals surface area contributed by atoms with E-state index >= 15 is 0 Å². The largest absolute Gasteiger partial charge is 0.393 e. The highest BCUT2D eigenvalue weighted by molar-refractivity contribution is 7.92. The van der Waals surface area contributed by atoms with Gasteiger partial charge in [0.15, 0.2) is 9.84 Å². The van der Waals surface area contributed by atoms with E-state index in [0.717, 1.165) is 49.7 Å². The van der Waals surface area contributed by atoms with Gasteiger partial charge in [-0.25, -0.2) is 8.42 Å². The van der Waals surface area contributed by atoms with E-state index in [0.29, 0.717) is 30.6 Å². The number of allylic oxidation sites excluding steroid dienone is 1. The quantitative estimate of drug-likeness (QED) is 0.520. The molecule has 6 atom stereocenters. The number of fused-ring (bicyclic) bond motifs is 1. The predicted octanol–water partition coefficient (Wildman–Crippen LogP) is 5.34. The molecule has 0 amide bonds. The van der Waals surface area contributed by atoms with Crippen LogP contribution in [0.4, 0.5) is 0 Å². The molecule has 2 N–H and O–H groups in total. The molecule has 0 unspecified atom stereocenters. The molecule has 4 aliphatic rings. The van der Waals surface area contributed by atoms with Crippen molar-refractivity contribution < 1.29 is 18.6 Å². The van der Waals surface area contributed by atoms with E-state index in [1.54, 1.807) is 0 Å². The fourth-order valence-corrected chi connectivity index (χ4v) is 9.78. The van der Waals surface area contributed by atoms with Gasteiger partial charge in [-0.05, 0) is 100 Å². The van der Waals surface area contributed by atoms with Crippen LogP contribution in [0, 0.1) is 23.2 Å². The monoisotopic (exact) mass is 464 g/mol. The summed E-state index contributed by atoms with van der Waals surface area (Å²) in [6.45, 7) is 8.65. The summed E-state index contributed by atoms with van der Waals surface area (Å²) in [4.78, 5) is 0. The number of aliphatic hydroxyl groups is 2. The lowest BCUT2D eigenvalue weighted by atomic mass is 9.60. The average Bonchev–Trinajstić information content (AvgIpc) is 3.15. The molecule has 32 heavy (non-hydrogen) atoms. The van der Waals surface area contributed by atoms with Crippen LogP contribution in [0.1, 0.15) is 98.3 Å². The summed E-state index contributed by atoms with van der Waals surface area (Å²) in [5, 5.41) is 19.8. The molecule has 0 aromatic carbocycles. The highest BCUT2D eigenvalue weighted by Gasteiger charge is 2.51. The topological polar surface area (TPSA) is 74.6 Å². The van der Waals surface area contributed by atoms with Gasteiger partial charge in [-0.2, -0.15) is 0 Å². The number of hydrogen-bond donors (Lipinski definition) is 2. The third kappa shape index (κ3) is 4.77. The molecule has 0 spiro atoms. The molecule has 5 heteroatoms. The fraction of sp³-hybridized carbons (Fsp3) is 0.852. The van der Waals surface area contributed by atoms with E-state index in [4.69, 9.17) is 0 Å². The first kappa shape index (κ1) is 24.5. The summed E-state index contributed by atoms with van der Waals surface area (Å²) >= 11 is 0. The molecule has 0 saturated heterocycles. The maximum Gasteiger partial charge on any atom is 0.164 e. The zero-order valence-corrected chi connectivity index (χ0v) is 21.4. The Bertz CT molecular complexity index is 878. The second-order valence-electron chi connectivity index (χ2n) is 12.3. The van der Waals surface area contributed by atoms with Gasteiger partial charge in [0, 0.05) is 0 Å². The summed E-state index contributed by atoms with van der Waals surface area (Å²) in [6, 6.07) is 0. The number of sulfone groups is 1. The van der Waals surface area contributed by atoms with E-state index in [1.165, 1.54) is 24.8 Å². The summed E-state index contributed by atoms with van der Waals surface area (Å²) in [6.07, 6.45) is 12.6. The van der Waals surface area contributed by atoms with E-state index in [9.17, 15) is 18.6 Å². The Hall–Kier alpha value is -0.650. The van der Waals surface area contributed by atoms with E-state index in [1.807, 2.05) is 13.8 Å². The van der Waals surface area contributed by atoms with Gasteiger partial charge in [0.2, 0.25) is 0 Å². The van der Waals surface area contributed by atoms with Gasteiger partial charge in [-0.15, -0.1) is 0 Å². The van der Waals surface area contributed by atoms with Crippen molar-refractivity contribution in [2.75, 3.05) is 5.75 Å². The molecule has 1 aliphatic heterocycles. The van der Waals surface area contributed by atoms with Crippen molar-refractivity contribution in [2.24, 2.45) is 23.2 Å². The third-order valence-corrected chi connectivity index (χ3v) is 11.3. The first-order valence-electron chi connectivity index (χ1n) is 12.9. The Kier molecular flexibility index (Phi) is 6.77. The van der Waals surface area contributed by atoms with Crippen molar-refractivity contribution in [3.63, 3.8) is 0 Å². The van der Waals surface area contributed by atoms with Crippen LogP contribution in [0.15, 0.2) is 22.8 Å². The first-order valence-corrected chi connectivity index (χ1v) is 14.7. The smallest absolute Gasteiger partial charge is 0.164 e. The highest BCUT2D eigenvalue weighted by atomic mass is 32.2. The third-order valence-electron chi connectivity index (χ3n) is 9.33. The number of hydrogen-bond acceptors (Lipinski definition) is 4.